The van der Waals surface area contributed by atoms with Crippen molar-refractivity contribution in [1.29, 1.82) is 5.26 Å². The van der Waals surface area contributed by atoms with Gasteiger partial charge in [0.15, 0.2) is 0 Å². The van der Waals surface area contributed by atoms with Crippen LogP contribution in [-0.2, 0) is 17.1 Å². The number of hydrogen-bond acceptors (Lipinski definition) is 1. The number of hydrogen-bond donors (Lipinski definition) is 0. The van der Waals surface area contributed by atoms with E-state index in [1.165, 1.54) is 0 Å². The SMILES string of the molecule is [C-]#N.[CH3-].[CH3-].[Cu+2].[Li+].[Li]. The molecule has 0 amide bonds. The van der Waals surface area contributed by atoms with Gasteiger partial charge >= 0.3 is 35.9 Å². The van der Waals surface area contributed by atoms with Crippen molar-refractivity contribution in [3.8, 4) is 0 Å². The summed E-state index contributed by atoms with van der Waals surface area (Å²) in [5, 5.41) is 6.25. The van der Waals surface area contributed by atoms with Gasteiger partial charge in [-0.3, -0.25) is 0 Å². The topological polar surface area (TPSA) is 23.8 Å². The average molecular weight is 134 g/mol. The fourth-order valence-corrected chi connectivity index (χ4v) is 0. The Balaban J connectivity index is -0.000000000500. The average Bonchev–Trinajstić information content (AvgIpc) is 1.00. The summed E-state index contributed by atoms with van der Waals surface area (Å²) < 4.78 is 0. The Morgan fingerprint density at radius 1 is 1.00 bits per heavy atom. The minimum absolute atomic E-state index is 0. The second-order valence-corrected chi connectivity index (χ2v) is 0. The summed E-state index contributed by atoms with van der Waals surface area (Å²) in [4.78, 5) is 0. The Bertz CT molecular complexity index is 17.7. The monoisotopic (exact) mass is 133 g/mol. The maximum Gasteiger partial charge on any atom is 2.00 e. The van der Waals surface area contributed by atoms with Crippen LogP contribution in [0, 0.1) is 26.7 Å². The minimum atomic E-state index is 0. The Labute approximate surface area is 81.1 Å². The van der Waals surface area contributed by atoms with E-state index < -0.39 is 0 Å². The van der Waals surface area contributed by atoms with Crippen molar-refractivity contribution < 1.29 is 35.9 Å². The van der Waals surface area contributed by atoms with E-state index in [2.05, 4.69) is 0 Å². The van der Waals surface area contributed by atoms with Crippen molar-refractivity contribution >= 4 is 18.9 Å². The van der Waals surface area contributed by atoms with E-state index in [0.717, 1.165) is 0 Å². The van der Waals surface area contributed by atoms with Gasteiger partial charge < -0.3 is 26.7 Å². The van der Waals surface area contributed by atoms with Crippen LogP contribution in [-0.4, -0.2) is 18.9 Å². The van der Waals surface area contributed by atoms with Crippen LogP contribution in [0.15, 0.2) is 0 Å². The van der Waals surface area contributed by atoms with Crippen LogP contribution in [0.1, 0.15) is 0 Å². The molecule has 0 aliphatic rings. The molecule has 0 saturated carbocycles. The molecular weight excluding hydrogens is 127 g/mol. The maximum absolute atomic E-state index is 6.25. The first kappa shape index (κ1) is 87.6. The molecule has 0 rings (SSSR count). The van der Waals surface area contributed by atoms with Gasteiger partial charge in [0.05, 0.1) is 0 Å². The van der Waals surface area contributed by atoms with Gasteiger partial charge in [0, 0.05) is 18.9 Å². The third kappa shape index (κ3) is 135. The predicted octanol–water partition coefficient (Wildman–Crippen LogP) is -2.38. The molecule has 0 aliphatic heterocycles. The van der Waals surface area contributed by atoms with Crippen molar-refractivity contribution in [2.45, 2.75) is 0 Å². The first-order valence-electron chi connectivity index (χ1n) is 0.224. The van der Waals surface area contributed by atoms with Gasteiger partial charge in [0.25, 0.3) is 0 Å². The first-order chi connectivity index (χ1) is 1.00. The Hall–Kier alpha value is 1.20. The molecule has 0 N–H and O–H groups in total. The molecule has 0 fully saturated rings. The van der Waals surface area contributed by atoms with Crippen molar-refractivity contribution in [1.82, 2.24) is 0 Å². The van der Waals surface area contributed by atoms with Crippen molar-refractivity contribution in [2.75, 3.05) is 0 Å². The Morgan fingerprint density at radius 3 is 1.00 bits per heavy atom. The zero-order valence-corrected chi connectivity index (χ0v) is 6.19. The third-order valence-corrected chi connectivity index (χ3v) is 0. The predicted molar refractivity (Wildman–Crippen MR) is 23.5 cm³/mol. The molecular formula is C3H6CuLi2N. The summed E-state index contributed by atoms with van der Waals surface area (Å²) in [6, 6.07) is 0. The Morgan fingerprint density at radius 2 is 1.00 bits per heavy atom. The molecule has 2 radical (unpaired) electrons. The van der Waals surface area contributed by atoms with E-state index in [1.807, 2.05) is 0 Å². The summed E-state index contributed by atoms with van der Waals surface area (Å²) in [7, 11) is 0. The summed E-state index contributed by atoms with van der Waals surface area (Å²) in [5.74, 6) is 0. The molecule has 0 aromatic rings. The van der Waals surface area contributed by atoms with E-state index >= 15 is 0 Å². The van der Waals surface area contributed by atoms with Gasteiger partial charge in [-0.25, -0.2) is 0 Å². The van der Waals surface area contributed by atoms with Gasteiger partial charge in [-0.2, -0.15) is 0 Å². The summed E-state index contributed by atoms with van der Waals surface area (Å²) in [6.07, 6.45) is 0. The van der Waals surface area contributed by atoms with Crippen molar-refractivity contribution in [3.05, 3.63) is 21.4 Å². The fraction of sp³-hybridized carbons (Fsp3) is 0. The van der Waals surface area contributed by atoms with Crippen molar-refractivity contribution in [3.63, 3.8) is 0 Å². The number of nitrogens with zero attached hydrogens (tertiary/aromatic N) is 1. The van der Waals surface area contributed by atoms with E-state index in [9.17, 15) is 0 Å². The van der Waals surface area contributed by atoms with Gasteiger partial charge in [0.1, 0.15) is 0 Å². The van der Waals surface area contributed by atoms with Crippen LogP contribution >= 0.6 is 0 Å². The van der Waals surface area contributed by atoms with E-state index in [4.69, 9.17) is 11.8 Å². The summed E-state index contributed by atoms with van der Waals surface area (Å²) in [5.41, 5.74) is 0. The molecule has 0 atom stereocenters. The molecule has 0 bridgehead atoms. The normalized spacial score (nSPS) is 0.286. The third-order valence-electron chi connectivity index (χ3n) is 0. The fourth-order valence-electron chi connectivity index (χ4n) is 0. The smallest absolute Gasteiger partial charge is 0.512 e. The largest absolute Gasteiger partial charge is 2.00 e. The molecule has 4 heteroatoms. The van der Waals surface area contributed by atoms with Gasteiger partial charge in [-0.05, 0) is 0 Å². The molecule has 0 unspecified atom stereocenters. The molecule has 1 nitrogen and oxygen atoms in total. The van der Waals surface area contributed by atoms with Crippen LogP contribution in [0.3, 0.4) is 0 Å². The molecule has 0 spiro atoms. The second kappa shape index (κ2) is 191. The quantitative estimate of drug-likeness (QED) is 0.267. The standard InChI is InChI=1S/CN.2CH3.Cu.2Li/c1-2;;;;;/h;2*1H3;;;/q3*-1;+2;;+1. The zero-order chi connectivity index (χ0) is 2.00. The van der Waals surface area contributed by atoms with Crippen LogP contribution in [0.4, 0.5) is 0 Å². The summed E-state index contributed by atoms with van der Waals surface area (Å²) >= 11 is 0. The van der Waals surface area contributed by atoms with Gasteiger partial charge in [-0.1, -0.05) is 0 Å². The Kier molecular flexibility index (Phi) is 2390. The van der Waals surface area contributed by atoms with Crippen molar-refractivity contribution in [2.24, 2.45) is 0 Å². The van der Waals surface area contributed by atoms with Crippen LogP contribution in [0.5, 0.6) is 0 Å². The van der Waals surface area contributed by atoms with Crippen LogP contribution in [0.2, 0.25) is 0 Å². The van der Waals surface area contributed by atoms with E-state index in [0.29, 0.717) is 0 Å². The molecule has 7 heavy (non-hydrogen) atoms. The molecule has 36 valence electrons. The number of rotatable bonds is 0. The van der Waals surface area contributed by atoms with E-state index in [1.54, 1.807) is 0 Å². The molecule has 0 heterocycles. The molecule has 0 saturated heterocycles. The van der Waals surface area contributed by atoms with E-state index in [-0.39, 0.29) is 69.6 Å². The maximum atomic E-state index is 6.25. The van der Waals surface area contributed by atoms with Crippen LogP contribution in [0.25, 0.3) is 0 Å². The van der Waals surface area contributed by atoms with Gasteiger partial charge in [-0.15, -0.1) is 0 Å². The minimum Gasteiger partial charge on any atom is -0.512 e. The molecule has 0 aromatic carbocycles. The van der Waals surface area contributed by atoms with Crippen LogP contribution < -0.4 is 18.9 Å². The molecule has 0 aliphatic carbocycles. The van der Waals surface area contributed by atoms with Gasteiger partial charge in [0.2, 0.25) is 0 Å². The first-order valence-corrected chi connectivity index (χ1v) is 0.224. The second-order valence-electron chi connectivity index (χ2n) is 0. The zero-order valence-electron chi connectivity index (χ0n) is 5.25. The summed E-state index contributed by atoms with van der Waals surface area (Å²) in [6.45, 7) is 4.75. The molecule has 0 aromatic heterocycles.